The lowest BCUT2D eigenvalue weighted by molar-refractivity contribution is -0.149. The van der Waals surface area contributed by atoms with Crippen LogP contribution in [0.4, 0.5) is 5.00 Å². The molecule has 0 aliphatic rings. The smallest absolute Gasteiger partial charge is 0.344 e. The van der Waals surface area contributed by atoms with E-state index in [2.05, 4.69) is 5.32 Å². The van der Waals surface area contributed by atoms with E-state index in [1.54, 1.807) is 11.4 Å². The van der Waals surface area contributed by atoms with Crippen LogP contribution < -0.4 is 15.8 Å². The Morgan fingerprint density at radius 1 is 1.16 bits per heavy atom. The summed E-state index contributed by atoms with van der Waals surface area (Å²) in [5, 5.41) is 4.42. The standard InChI is InChI=1S/C17H18N2O5S/c1-10-3-4-13(11(2)7-10)23-9-15(21)24-8-14(20)19-17-12(16(18)22)5-6-25-17/h3-7H,8-9H2,1-2H3,(H2,18,22)(H,19,20). The van der Waals surface area contributed by atoms with Crippen LogP contribution in [0.1, 0.15) is 21.5 Å². The van der Waals surface area contributed by atoms with Gasteiger partial charge in [-0.15, -0.1) is 11.3 Å². The molecule has 1 heterocycles. The summed E-state index contributed by atoms with van der Waals surface area (Å²) < 4.78 is 10.2. The molecular formula is C17H18N2O5S. The zero-order valence-corrected chi connectivity index (χ0v) is 14.6. The molecule has 1 aromatic heterocycles. The SMILES string of the molecule is Cc1ccc(OCC(=O)OCC(=O)Nc2sccc2C(N)=O)c(C)c1. The summed E-state index contributed by atoms with van der Waals surface area (Å²) in [6.45, 7) is 3.05. The van der Waals surface area contributed by atoms with Crippen molar-refractivity contribution in [2.75, 3.05) is 18.5 Å². The van der Waals surface area contributed by atoms with Crippen LogP contribution in [0.5, 0.6) is 5.75 Å². The number of nitrogens with two attached hydrogens (primary N) is 1. The van der Waals surface area contributed by atoms with Gasteiger partial charge in [0.1, 0.15) is 10.8 Å². The van der Waals surface area contributed by atoms with Crippen molar-refractivity contribution in [3.05, 3.63) is 46.3 Å². The Labute approximate surface area is 148 Å². The number of hydrogen-bond acceptors (Lipinski definition) is 6. The number of nitrogens with one attached hydrogen (secondary N) is 1. The summed E-state index contributed by atoms with van der Waals surface area (Å²) >= 11 is 1.15. The van der Waals surface area contributed by atoms with Crippen LogP contribution >= 0.6 is 11.3 Å². The Morgan fingerprint density at radius 3 is 2.60 bits per heavy atom. The van der Waals surface area contributed by atoms with Crippen molar-refractivity contribution < 1.29 is 23.9 Å². The average molecular weight is 362 g/mol. The number of carbonyl (C=O) groups excluding carboxylic acids is 3. The van der Waals surface area contributed by atoms with Crippen molar-refractivity contribution in [2.24, 2.45) is 5.73 Å². The topological polar surface area (TPSA) is 108 Å². The van der Waals surface area contributed by atoms with Gasteiger partial charge < -0.3 is 20.5 Å². The van der Waals surface area contributed by atoms with Gasteiger partial charge in [0, 0.05) is 0 Å². The van der Waals surface area contributed by atoms with Crippen molar-refractivity contribution in [3.63, 3.8) is 0 Å². The molecule has 0 saturated carbocycles. The summed E-state index contributed by atoms with van der Waals surface area (Å²) in [5.41, 5.74) is 7.39. The maximum Gasteiger partial charge on any atom is 0.344 e. The van der Waals surface area contributed by atoms with E-state index in [0.29, 0.717) is 10.8 Å². The number of rotatable bonds is 7. The van der Waals surface area contributed by atoms with Crippen LogP contribution in [0, 0.1) is 13.8 Å². The third-order valence-corrected chi connectivity index (χ3v) is 4.05. The van der Waals surface area contributed by atoms with Crippen molar-refractivity contribution in [1.82, 2.24) is 0 Å². The van der Waals surface area contributed by atoms with Crippen LogP contribution in [-0.2, 0) is 14.3 Å². The van der Waals surface area contributed by atoms with Gasteiger partial charge in [0.15, 0.2) is 13.2 Å². The number of thiophene rings is 1. The molecule has 7 nitrogen and oxygen atoms in total. The first kappa shape index (κ1) is 18.5. The monoisotopic (exact) mass is 362 g/mol. The molecule has 0 atom stereocenters. The van der Waals surface area contributed by atoms with E-state index >= 15 is 0 Å². The lowest BCUT2D eigenvalue weighted by Crippen LogP contribution is -2.24. The maximum atomic E-state index is 11.8. The first-order valence-corrected chi connectivity index (χ1v) is 8.27. The number of ether oxygens (including phenoxy) is 2. The molecule has 0 unspecified atom stereocenters. The van der Waals surface area contributed by atoms with Gasteiger partial charge in [-0.05, 0) is 36.9 Å². The molecular weight excluding hydrogens is 344 g/mol. The fourth-order valence-corrected chi connectivity index (χ4v) is 2.86. The number of carbonyl (C=O) groups is 3. The van der Waals surface area contributed by atoms with Gasteiger partial charge in [0.05, 0.1) is 5.56 Å². The lowest BCUT2D eigenvalue weighted by atomic mass is 10.1. The minimum absolute atomic E-state index is 0.211. The highest BCUT2D eigenvalue weighted by atomic mass is 32.1. The molecule has 8 heteroatoms. The molecule has 25 heavy (non-hydrogen) atoms. The third-order valence-electron chi connectivity index (χ3n) is 3.22. The van der Waals surface area contributed by atoms with Gasteiger partial charge in [0.25, 0.3) is 11.8 Å². The van der Waals surface area contributed by atoms with E-state index in [0.717, 1.165) is 22.5 Å². The molecule has 0 spiro atoms. The highest BCUT2D eigenvalue weighted by molar-refractivity contribution is 7.14. The van der Waals surface area contributed by atoms with Crippen LogP contribution in [0.15, 0.2) is 29.6 Å². The second kappa shape index (κ2) is 8.29. The Bertz CT molecular complexity index is 800. The molecule has 2 amide bonds. The number of esters is 1. The Balaban J connectivity index is 1.78. The quantitative estimate of drug-likeness (QED) is 0.733. The molecule has 3 N–H and O–H groups in total. The molecule has 0 radical (unpaired) electrons. The van der Waals surface area contributed by atoms with Gasteiger partial charge in [-0.25, -0.2) is 4.79 Å². The van der Waals surface area contributed by atoms with Gasteiger partial charge >= 0.3 is 5.97 Å². The number of hydrogen-bond donors (Lipinski definition) is 2. The third kappa shape index (κ3) is 5.32. The van der Waals surface area contributed by atoms with Gasteiger partial charge in [-0.3, -0.25) is 9.59 Å². The number of primary amides is 1. The van der Waals surface area contributed by atoms with Crippen LogP contribution in [0.3, 0.4) is 0 Å². The Hall–Kier alpha value is -2.87. The minimum Gasteiger partial charge on any atom is -0.482 e. The normalized spacial score (nSPS) is 10.2. The maximum absolute atomic E-state index is 11.8. The van der Waals surface area contributed by atoms with Crippen molar-refractivity contribution >= 4 is 34.1 Å². The first-order chi connectivity index (χ1) is 11.9. The van der Waals surface area contributed by atoms with Gasteiger partial charge in [0.2, 0.25) is 0 Å². The molecule has 1 aromatic carbocycles. The minimum atomic E-state index is -0.670. The van der Waals surface area contributed by atoms with E-state index in [9.17, 15) is 14.4 Å². The first-order valence-electron chi connectivity index (χ1n) is 7.39. The Morgan fingerprint density at radius 2 is 1.92 bits per heavy atom. The largest absolute Gasteiger partial charge is 0.482 e. The summed E-state index contributed by atoms with van der Waals surface area (Å²) in [5.74, 6) is -1.30. The Kier molecular flexibility index (Phi) is 6.13. The predicted molar refractivity (Wildman–Crippen MR) is 93.8 cm³/mol. The summed E-state index contributed by atoms with van der Waals surface area (Å²) in [6, 6.07) is 7.09. The number of anilines is 1. The van der Waals surface area contributed by atoms with E-state index in [1.807, 2.05) is 26.0 Å². The number of benzene rings is 1. The summed E-state index contributed by atoms with van der Waals surface area (Å²) in [7, 11) is 0. The molecule has 0 aliphatic carbocycles. The summed E-state index contributed by atoms with van der Waals surface area (Å²) in [6.07, 6.45) is 0. The molecule has 0 bridgehead atoms. The van der Waals surface area contributed by atoms with E-state index in [4.69, 9.17) is 15.2 Å². The zero-order valence-electron chi connectivity index (χ0n) is 13.8. The predicted octanol–water partition coefficient (Wildman–Crippen LogP) is 2.02. The van der Waals surface area contributed by atoms with Crippen molar-refractivity contribution in [1.29, 1.82) is 0 Å². The second-order valence-corrected chi connectivity index (χ2v) is 6.21. The fourth-order valence-electron chi connectivity index (χ4n) is 2.05. The molecule has 132 valence electrons. The highest BCUT2D eigenvalue weighted by Gasteiger charge is 2.14. The molecule has 0 saturated heterocycles. The highest BCUT2D eigenvalue weighted by Crippen LogP contribution is 2.22. The van der Waals surface area contributed by atoms with Crippen LogP contribution in [-0.4, -0.2) is 31.0 Å². The van der Waals surface area contributed by atoms with Gasteiger partial charge in [-0.2, -0.15) is 0 Å². The van der Waals surface area contributed by atoms with E-state index in [-0.39, 0.29) is 12.2 Å². The van der Waals surface area contributed by atoms with Crippen molar-refractivity contribution in [2.45, 2.75) is 13.8 Å². The molecule has 2 aromatic rings. The zero-order chi connectivity index (χ0) is 18.4. The van der Waals surface area contributed by atoms with E-state index < -0.39 is 24.4 Å². The lowest BCUT2D eigenvalue weighted by Gasteiger charge is -2.10. The number of aryl methyl sites for hydroxylation is 2. The molecule has 2 rings (SSSR count). The second-order valence-electron chi connectivity index (χ2n) is 5.29. The average Bonchev–Trinajstić information content (AvgIpc) is 3.00. The molecule has 0 aliphatic heterocycles. The van der Waals surface area contributed by atoms with Crippen molar-refractivity contribution in [3.8, 4) is 5.75 Å². The molecule has 0 fully saturated rings. The number of amides is 2. The fraction of sp³-hybridized carbons (Fsp3) is 0.235. The van der Waals surface area contributed by atoms with E-state index in [1.165, 1.54) is 6.07 Å². The summed E-state index contributed by atoms with van der Waals surface area (Å²) in [4.78, 5) is 34.6. The van der Waals surface area contributed by atoms with Gasteiger partial charge in [-0.1, -0.05) is 17.7 Å². The van der Waals surface area contributed by atoms with Crippen LogP contribution in [0.2, 0.25) is 0 Å². The van der Waals surface area contributed by atoms with Crippen LogP contribution in [0.25, 0.3) is 0 Å².